The van der Waals surface area contributed by atoms with Gasteiger partial charge < -0.3 is 9.47 Å². The lowest BCUT2D eigenvalue weighted by Crippen LogP contribution is -1.96. The Bertz CT molecular complexity index is 578. The van der Waals surface area contributed by atoms with Gasteiger partial charge in [0.15, 0.2) is 0 Å². The van der Waals surface area contributed by atoms with Crippen LogP contribution in [0, 0.1) is 6.92 Å². The molecule has 4 nitrogen and oxygen atoms in total. The number of ether oxygens (including phenoxy) is 2. The molecule has 0 bridgehead atoms. The first-order valence-corrected chi connectivity index (χ1v) is 6.28. The molecule has 18 heavy (non-hydrogen) atoms. The van der Waals surface area contributed by atoms with E-state index in [9.17, 15) is 0 Å². The summed E-state index contributed by atoms with van der Waals surface area (Å²) in [7, 11) is 1.53. The number of hydrogen-bond donors (Lipinski definition) is 0. The molecule has 94 valence electrons. The Morgan fingerprint density at radius 2 is 2.11 bits per heavy atom. The maximum absolute atomic E-state index is 5.94. The molecule has 0 atom stereocenters. The molecule has 6 heteroatoms. The Morgan fingerprint density at radius 1 is 1.33 bits per heavy atom. The van der Waals surface area contributed by atoms with Crippen LogP contribution in [-0.4, -0.2) is 17.1 Å². The van der Waals surface area contributed by atoms with Gasteiger partial charge in [0.1, 0.15) is 5.75 Å². The lowest BCUT2D eigenvalue weighted by atomic mass is 10.2. The van der Waals surface area contributed by atoms with Crippen molar-refractivity contribution in [1.29, 1.82) is 0 Å². The smallest absolute Gasteiger partial charge is 0.325 e. The van der Waals surface area contributed by atoms with Gasteiger partial charge in [-0.05, 0) is 46.6 Å². The normalized spacial score (nSPS) is 10.2. The fourth-order valence-corrected chi connectivity index (χ4v) is 1.79. The molecule has 1 heterocycles. The van der Waals surface area contributed by atoms with E-state index in [1.54, 1.807) is 18.3 Å². The molecule has 0 aliphatic heterocycles. The van der Waals surface area contributed by atoms with E-state index in [0.29, 0.717) is 21.1 Å². The first kappa shape index (κ1) is 13.1. The van der Waals surface area contributed by atoms with Crippen molar-refractivity contribution in [2.75, 3.05) is 7.11 Å². The summed E-state index contributed by atoms with van der Waals surface area (Å²) in [4.78, 5) is 8.14. The number of halogens is 2. The van der Waals surface area contributed by atoms with Crippen molar-refractivity contribution in [1.82, 2.24) is 9.97 Å². The summed E-state index contributed by atoms with van der Waals surface area (Å²) in [5.41, 5.74) is 0.929. The number of benzene rings is 1. The van der Waals surface area contributed by atoms with Crippen molar-refractivity contribution in [2.45, 2.75) is 6.92 Å². The van der Waals surface area contributed by atoms with Gasteiger partial charge in [-0.2, -0.15) is 4.98 Å². The van der Waals surface area contributed by atoms with Gasteiger partial charge in [0.05, 0.1) is 17.8 Å². The third-order valence-electron chi connectivity index (χ3n) is 2.22. The number of methoxy groups -OCH3 is 1. The van der Waals surface area contributed by atoms with Crippen LogP contribution in [0.4, 0.5) is 0 Å². The highest BCUT2D eigenvalue weighted by Crippen LogP contribution is 2.27. The predicted octanol–water partition coefficient (Wildman–Crippen LogP) is 4.00. The van der Waals surface area contributed by atoms with Crippen molar-refractivity contribution in [3.63, 3.8) is 0 Å². The molecule has 0 fully saturated rings. The maximum atomic E-state index is 5.94. The highest BCUT2D eigenvalue weighted by molar-refractivity contribution is 9.10. The zero-order valence-corrected chi connectivity index (χ0v) is 12.1. The topological polar surface area (TPSA) is 44.2 Å². The Balaban J connectivity index is 2.25. The second-order valence-electron chi connectivity index (χ2n) is 3.52. The minimum Gasteiger partial charge on any atom is -0.480 e. The zero-order chi connectivity index (χ0) is 13.1. The average Bonchev–Trinajstić information content (AvgIpc) is 2.36. The third kappa shape index (κ3) is 2.91. The Morgan fingerprint density at radius 3 is 2.78 bits per heavy atom. The Labute approximate surface area is 118 Å². The standard InChI is InChI=1S/C12H10BrClN2O2/c1-7-5-8(3-4-10(7)14)18-12-15-6-9(13)11(16-12)17-2/h3-6H,1-2H3. The SMILES string of the molecule is COc1nc(Oc2ccc(Cl)c(C)c2)ncc1Br. The maximum Gasteiger partial charge on any atom is 0.325 e. The van der Waals surface area contributed by atoms with E-state index >= 15 is 0 Å². The van der Waals surface area contributed by atoms with Crippen LogP contribution >= 0.6 is 27.5 Å². The highest BCUT2D eigenvalue weighted by atomic mass is 79.9. The fraction of sp³-hybridized carbons (Fsp3) is 0.167. The molecule has 0 radical (unpaired) electrons. The molecule has 0 unspecified atom stereocenters. The van der Waals surface area contributed by atoms with Crippen LogP contribution in [0.3, 0.4) is 0 Å². The van der Waals surface area contributed by atoms with Crippen molar-refractivity contribution < 1.29 is 9.47 Å². The van der Waals surface area contributed by atoms with Crippen LogP contribution in [0.1, 0.15) is 5.56 Å². The fourth-order valence-electron chi connectivity index (χ4n) is 1.31. The molecule has 0 N–H and O–H groups in total. The van der Waals surface area contributed by atoms with Crippen molar-refractivity contribution >= 4 is 27.5 Å². The molecule has 1 aromatic carbocycles. The van der Waals surface area contributed by atoms with Gasteiger partial charge in [-0.3, -0.25) is 0 Å². The largest absolute Gasteiger partial charge is 0.480 e. The van der Waals surface area contributed by atoms with Gasteiger partial charge >= 0.3 is 6.01 Å². The van der Waals surface area contributed by atoms with E-state index in [0.717, 1.165) is 5.56 Å². The van der Waals surface area contributed by atoms with Crippen molar-refractivity contribution in [3.8, 4) is 17.6 Å². The van der Waals surface area contributed by atoms with Crippen molar-refractivity contribution in [3.05, 3.63) is 39.5 Å². The monoisotopic (exact) mass is 328 g/mol. The van der Waals surface area contributed by atoms with Gasteiger partial charge in [-0.25, -0.2) is 4.98 Å². The van der Waals surface area contributed by atoms with E-state index in [4.69, 9.17) is 21.1 Å². The van der Waals surface area contributed by atoms with Crippen LogP contribution in [0.5, 0.6) is 17.6 Å². The molecule has 2 rings (SSSR count). The quantitative estimate of drug-likeness (QED) is 0.853. The number of aromatic nitrogens is 2. The van der Waals surface area contributed by atoms with E-state index in [1.165, 1.54) is 7.11 Å². The third-order valence-corrected chi connectivity index (χ3v) is 3.19. The molecule has 0 saturated heterocycles. The van der Waals surface area contributed by atoms with Gasteiger partial charge in [-0.1, -0.05) is 11.6 Å². The van der Waals surface area contributed by atoms with Gasteiger partial charge in [-0.15, -0.1) is 0 Å². The van der Waals surface area contributed by atoms with Gasteiger partial charge in [0.2, 0.25) is 5.88 Å². The van der Waals surface area contributed by atoms with E-state index in [-0.39, 0.29) is 6.01 Å². The summed E-state index contributed by atoms with van der Waals surface area (Å²) in [6, 6.07) is 5.56. The minimum absolute atomic E-state index is 0.219. The molecule has 0 saturated carbocycles. The molecule has 0 aliphatic carbocycles. The second-order valence-corrected chi connectivity index (χ2v) is 4.78. The van der Waals surface area contributed by atoms with Gasteiger partial charge in [0, 0.05) is 5.02 Å². The Hall–Kier alpha value is -1.33. The summed E-state index contributed by atoms with van der Waals surface area (Å²) >= 11 is 9.21. The lowest BCUT2D eigenvalue weighted by molar-refractivity contribution is 0.373. The number of hydrogen-bond acceptors (Lipinski definition) is 4. The first-order chi connectivity index (χ1) is 8.60. The zero-order valence-electron chi connectivity index (χ0n) is 9.78. The minimum atomic E-state index is 0.219. The van der Waals surface area contributed by atoms with Crippen LogP contribution in [-0.2, 0) is 0 Å². The van der Waals surface area contributed by atoms with E-state index in [2.05, 4.69) is 25.9 Å². The number of aryl methyl sites for hydroxylation is 1. The molecule has 2 aromatic rings. The number of nitrogens with zero attached hydrogens (tertiary/aromatic N) is 2. The molecule has 1 aromatic heterocycles. The van der Waals surface area contributed by atoms with Gasteiger partial charge in [0.25, 0.3) is 0 Å². The summed E-state index contributed by atoms with van der Waals surface area (Å²) in [5, 5.41) is 0.691. The summed E-state index contributed by atoms with van der Waals surface area (Å²) in [5.74, 6) is 1.05. The first-order valence-electron chi connectivity index (χ1n) is 5.10. The Kier molecular flexibility index (Phi) is 4.04. The van der Waals surface area contributed by atoms with Crippen molar-refractivity contribution in [2.24, 2.45) is 0 Å². The lowest BCUT2D eigenvalue weighted by Gasteiger charge is -2.07. The molecular weight excluding hydrogens is 320 g/mol. The molecule has 0 aliphatic rings. The van der Waals surface area contributed by atoms with Crippen LogP contribution in [0.25, 0.3) is 0 Å². The van der Waals surface area contributed by atoms with E-state index in [1.807, 2.05) is 13.0 Å². The summed E-state index contributed by atoms with van der Waals surface area (Å²) < 4.78 is 11.3. The summed E-state index contributed by atoms with van der Waals surface area (Å²) in [6.07, 6.45) is 1.57. The van der Waals surface area contributed by atoms with Crippen LogP contribution in [0.15, 0.2) is 28.9 Å². The number of rotatable bonds is 3. The summed E-state index contributed by atoms with van der Waals surface area (Å²) in [6.45, 7) is 1.90. The predicted molar refractivity (Wildman–Crippen MR) is 72.5 cm³/mol. The van der Waals surface area contributed by atoms with E-state index < -0.39 is 0 Å². The van der Waals surface area contributed by atoms with Crippen LogP contribution in [0.2, 0.25) is 5.02 Å². The molecular formula is C12H10BrClN2O2. The molecule has 0 spiro atoms. The highest BCUT2D eigenvalue weighted by Gasteiger charge is 2.07. The van der Waals surface area contributed by atoms with Crippen LogP contribution < -0.4 is 9.47 Å². The average molecular weight is 330 g/mol. The second kappa shape index (κ2) is 5.54. The molecule has 0 amide bonds.